The van der Waals surface area contributed by atoms with Crippen LogP contribution in [0.15, 0.2) is 103 Å². The van der Waals surface area contributed by atoms with Crippen LogP contribution in [-0.2, 0) is 0 Å². The molecule has 0 aliphatic rings. The third-order valence-corrected chi connectivity index (χ3v) is 5.34. The standard InChI is InChI=1S/C25H17N3/c1-2-10-18(11-3-1)27-24-17-9-6-14-21(24)26-25(27)28-22-15-7-4-12-19(22)20-13-5-8-16-23(20)28/h1-17H. The highest BCUT2D eigenvalue weighted by atomic mass is 15.2. The number of para-hydroxylation sites is 5. The van der Waals surface area contributed by atoms with Gasteiger partial charge in [0.25, 0.3) is 0 Å². The fraction of sp³-hybridized carbons (Fsp3) is 0. The van der Waals surface area contributed by atoms with Crippen LogP contribution in [0.2, 0.25) is 0 Å². The zero-order valence-electron chi connectivity index (χ0n) is 15.2. The highest BCUT2D eigenvalue weighted by molar-refractivity contribution is 6.09. The molecule has 0 N–H and O–H groups in total. The molecule has 0 aliphatic heterocycles. The van der Waals surface area contributed by atoms with Crippen LogP contribution in [0.5, 0.6) is 0 Å². The number of rotatable bonds is 2. The van der Waals surface area contributed by atoms with Crippen molar-refractivity contribution in [3.8, 4) is 11.6 Å². The van der Waals surface area contributed by atoms with Crippen molar-refractivity contribution in [2.45, 2.75) is 0 Å². The van der Waals surface area contributed by atoms with Crippen molar-refractivity contribution >= 4 is 32.8 Å². The molecular weight excluding hydrogens is 342 g/mol. The van der Waals surface area contributed by atoms with Gasteiger partial charge in [-0.25, -0.2) is 4.98 Å². The first-order chi connectivity index (χ1) is 13.9. The summed E-state index contributed by atoms with van der Waals surface area (Å²) in [6.45, 7) is 0. The minimum absolute atomic E-state index is 0.907. The Bertz CT molecular complexity index is 1400. The van der Waals surface area contributed by atoms with Crippen molar-refractivity contribution in [2.75, 3.05) is 0 Å². The molecule has 6 rings (SSSR count). The van der Waals surface area contributed by atoms with E-state index in [1.807, 2.05) is 12.1 Å². The molecule has 0 unspecified atom stereocenters. The maximum Gasteiger partial charge on any atom is 0.220 e. The number of fused-ring (bicyclic) bond motifs is 4. The van der Waals surface area contributed by atoms with Crippen molar-refractivity contribution in [1.29, 1.82) is 0 Å². The van der Waals surface area contributed by atoms with Crippen LogP contribution in [0.1, 0.15) is 0 Å². The number of hydrogen-bond acceptors (Lipinski definition) is 1. The molecule has 3 nitrogen and oxygen atoms in total. The van der Waals surface area contributed by atoms with Crippen molar-refractivity contribution in [1.82, 2.24) is 14.1 Å². The smallest absolute Gasteiger partial charge is 0.220 e. The maximum atomic E-state index is 5.06. The monoisotopic (exact) mass is 359 g/mol. The van der Waals surface area contributed by atoms with Gasteiger partial charge in [-0.15, -0.1) is 0 Å². The van der Waals surface area contributed by atoms with E-state index >= 15 is 0 Å². The summed E-state index contributed by atoms with van der Waals surface area (Å²) in [5.74, 6) is 0.907. The summed E-state index contributed by atoms with van der Waals surface area (Å²) in [5, 5.41) is 2.48. The average molecular weight is 359 g/mol. The highest BCUT2D eigenvalue weighted by Crippen LogP contribution is 2.33. The van der Waals surface area contributed by atoms with E-state index in [9.17, 15) is 0 Å². The summed E-state index contributed by atoms with van der Waals surface area (Å²) in [5.41, 5.74) is 5.52. The topological polar surface area (TPSA) is 22.8 Å². The van der Waals surface area contributed by atoms with Crippen LogP contribution in [0.3, 0.4) is 0 Å². The van der Waals surface area contributed by atoms with Gasteiger partial charge < -0.3 is 0 Å². The molecule has 0 amide bonds. The van der Waals surface area contributed by atoms with Gasteiger partial charge in [-0.1, -0.05) is 66.7 Å². The van der Waals surface area contributed by atoms with E-state index in [1.54, 1.807) is 0 Å². The summed E-state index contributed by atoms with van der Waals surface area (Å²) in [6.07, 6.45) is 0. The molecule has 0 atom stereocenters. The molecule has 4 aromatic carbocycles. The van der Waals surface area contributed by atoms with Crippen LogP contribution in [0.25, 0.3) is 44.5 Å². The Morgan fingerprint density at radius 3 is 1.68 bits per heavy atom. The Morgan fingerprint density at radius 1 is 0.464 bits per heavy atom. The van der Waals surface area contributed by atoms with Crippen molar-refractivity contribution in [3.63, 3.8) is 0 Å². The Morgan fingerprint density at radius 2 is 1.00 bits per heavy atom. The van der Waals surface area contributed by atoms with Crippen LogP contribution in [0, 0.1) is 0 Å². The van der Waals surface area contributed by atoms with Gasteiger partial charge in [0.1, 0.15) is 0 Å². The van der Waals surface area contributed by atoms with Gasteiger partial charge in [0.15, 0.2) is 0 Å². The lowest BCUT2D eigenvalue weighted by Crippen LogP contribution is -2.05. The molecule has 0 radical (unpaired) electrons. The van der Waals surface area contributed by atoms with Gasteiger partial charge in [-0.05, 0) is 36.4 Å². The summed E-state index contributed by atoms with van der Waals surface area (Å²) in [4.78, 5) is 5.06. The molecule has 2 heterocycles. The third-order valence-electron chi connectivity index (χ3n) is 5.34. The fourth-order valence-corrected chi connectivity index (χ4v) is 4.13. The maximum absolute atomic E-state index is 5.06. The molecule has 0 bridgehead atoms. The molecule has 0 saturated heterocycles. The lowest BCUT2D eigenvalue weighted by Gasteiger charge is -2.12. The first-order valence-corrected chi connectivity index (χ1v) is 9.43. The Labute approximate surface area is 162 Å². The van der Waals surface area contributed by atoms with Crippen molar-refractivity contribution < 1.29 is 0 Å². The fourth-order valence-electron chi connectivity index (χ4n) is 4.13. The number of imidazole rings is 1. The summed E-state index contributed by atoms with van der Waals surface area (Å²) < 4.78 is 4.52. The highest BCUT2D eigenvalue weighted by Gasteiger charge is 2.18. The van der Waals surface area contributed by atoms with Gasteiger partial charge in [0.05, 0.1) is 22.1 Å². The molecule has 0 spiro atoms. The summed E-state index contributed by atoms with van der Waals surface area (Å²) >= 11 is 0. The summed E-state index contributed by atoms with van der Waals surface area (Å²) in [6, 6.07) is 35.8. The second-order valence-corrected chi connectivity index (χ2v) is 6.94. The Kier molecular flexibility index (Phi) is 3.17. The van der Waals surface area contributed by atoms with E-state index in [2.05, 4.69) is 100 Å². The van der Waals surface area contributed by atoms with Crippen LogP contribution in [-0.4, -0.2) is 14.1 Å². The number of nitrogens with zero attached hydrogens (tertiary/aromatic N) is 3. The lowest BCUT2D eigenvalue weighted by atomic mass is 10.2. The van der Waals surface area contributed by atoms with Crippen LogP contribution >= 0.6 is 0 Å². The van der Waals surface area contributed by atoms with Gasteiger partial charge >= 0.3 is 0 Å². The first kappa shape index (κ1) is 15.2. The molecule has 3 heteroatoms. The number of aromatic nitrogens is 3. The molecular formula is C25H17N3. The van der Waals surface area contributed by atoms with Crippen LogP contribution < -0.4 is 0 Å². The SMILES string of the molecule is c1ccc(-n2c(-n3c4ccccc4c4ccccc43)nc3ccccc32)cc1. The predicted octanol–water partition coefficient (Wildman–Crippen LogP) is 6.12. The Hall–Kier alpha value is -3.85. The van der Waals surface area contributed by atoms with Gasteiger partial charge in [-0.3, -0.25) is 9.13 Å². The van der Waals surface area contributed by atoms with E-state index in [-0.39, 0.29) is 0 Å². The minimum Gasteiger partial charge on any atom is -0.279 e. The zero-order chi connectivity index (χ0) is 18.5. The van der Waals surface area contributed by atoms with Gasteiger partial charge in [0, 0.05) is 16.5 Å². The molecule has 0 fully saturated rings. The molecule has 0 saturated carbocycles. The summed E-state index contributed by atoms with van der Waals surface area (Å²) in [7, 11) is 0. The van der Waals surface area contributed by atoms with E-state index in [4.69, 9.17) is 4.98 Å². The average Bonchev–Trinajstić information content (AvgIpc) is 3.30. The Balaban J connectivity index is 1.82. The first-order valence-electron chi connectivity index (χ1n) is 9.43. The van der Waals surface area contributed by atoms with Crippen molar-refractivity contribution in [3.05, 3.63) is 103 Å². The molecule has 132 valence electrons. The zero-order valence-corrected chi connectivity index (χ0v) is 15.2. The second-order valence-electron chi connectivity index (χ2n) is 6.94. The quantitative estimate of drug-likeness (QED) is 0.365. The number of hydrogen-bond donors (Lipinski definition) is 0. The van der Waals surface area contributed by atoms with E-state index in [1.165, 1.54) is 10.8 Å². The molecule has 0 aliphatic carbocycles. The predicted molar refractivity (Wildman–Crippen MR) is 115 cm³/mol. The van der Waals surface area contributed by atoms with Crippen LogP contribution in [0.4, 0.5) is 0 Å². The third kappa shape index (κ3) is 2.07. The van der Waals surface area contributed by atoms with Gasteiger partial charge in [-0.2, -0.15) is 0 Å². The van der Waals surface area contributed by atoms with E-state index < -0.39 is 0 Å². The minimum atomic E-state index is 0.907. The van der Waals surface area contributed by atoms with Crippen molar-refractivity contribution in [2.24, 2.45) is 0 Å². The largest absolute Gasteiger partial charge is 0.279 e. The number of benzene rings is 4. The second kappa shape index (κ2) is 5.83. The van der Waals surface area contributed by atoms with Gasteiger partial charge in [0.2, 0.25) is 5.95 Å². The normalized spacial score (nSPS) is 11.6. The van der Waals surface area contributed by atoms with E-state index in [0.717, 1.165) is 33.7 Å². The molecule has 2 aromatic heterocycles. The molecule has 6 aromatic rings. The molecule has 28 heavy (non-hydrogen) atoms. The lowest BCUT2D eigenvalue weighted by molar-refractivity contribution is 0.956. The van der Waals surface area contributed by atoms with E-state index in [0.29, 0.717) is 0 Å².